The number of benzene rings is 1. The number of aliphatic hydroxyl groups is 1. The summed E-state index contributed by atoms with van der Waals surface area (Å²) >= 11 is 0. The molecule has 2 fully saturated rings. The van der Waals surface area contributed by atoms with Crippen molar-refractivity contribution in [1.29, 1.82) is 0 Å². The minimum absolute atomic E-state index is 0.162. The third-order valence-corrected chi connectivity index (χ3v) is 6.84. The van der Waals surface area contributed by atoms with Crippen molar-refractivity contribution in [2.45, 2.75) is 69.6 Å². The predicted octanol–water partition coefficient (Wildman–Crippen LogP) is 4.70. The molecule has 0 bridgehead atoms. The monoisotopic (exact) mass is 442 g/mol. The quantitative estimate of drug-likeness (QED) is 0.596. The highest BCUT2D eigenvalue weighted by Gasteiger charge is 2.28. The highest BCUT2D eigenvalue weighted by Crippen LogP contribution is 2.37. The summed E-state index contributed by atoms with van der Waals surface area (Å²) < 4.78 is 30.6. The number of hydrogen-bond donors (Lipinski definition) is 2. The second-order valence-corrected chi connectivity index (χ2v) is 8.92. The first kappa shape index (κ1) is 21.1. The summed E-state index contributed by atoms with van der Waals surface area (Å²) in [5.41, 5.74) is 1.05. The van der Waals surface area contributed by atoms with E-state index >= 15 is 0 Å². The van der Waals surface area contributed by atoms with Crippen LogP contribution < -0.4 is 10.2 Å². The van der Waals surface area contributed by atoms with Gasteiger partial charge in [0.05, 0.1) is 12.3 Å². The summed E-state index contributed by atoms with van der Waals surface area (Å²) in [6, 6.07) is 4.22. The van der Waals surface area contributed by atoms with Gasteiger partial charge < -0.3 is 15.3 Å². The molecule has 2 saturated carbocycles. The van der Waals surface area contributed by atoms with Crippen LogP contribution in [0, 0.1) is 11.6 Å². The van der Waals surface area contributed by atoms with Crippen molar-refractivity contribution in [3.8, 4) is 0 Å². The van der Waals surface area contributed by atoms with Gasteiger partial charge in [-0.2, -0.15) is 4.98 Å². The molecule has 0 spiro atoms. The molecule has 170 valence electrons. The fourth-order valence-electron chi connectivity index (χ4n) is 4.99. The normalized spacial score (nSPS) is 21.9. The maximum Gasteiger partial charge on any atom is 0.227 e. The van der Waals surface area contributed by atoms with Crippen LogP contribution in [0.1, 0.15) is 57.4 Å². The number of nitrogens with zero attached hydrogens (tertiary/aromatic N) is 5. The lowest BCUT2D eigenvalue weighted by molar-refractivity contribution is 0.122. The molecule has 0 atom stereocenters. The summed E-state index contributed by atoms with van der Waals surface area (Å²) in [6.07, 6.45) is 8.92. The van der Waals surface area contributed by atoms with Gasteiger partial charge in [0, 0.05) is 19.1 Å². The SMILES string of the molecule is CN(c1ncc2nc(Nc3c(F)cccc3F)n(C3CCCC3)c2n1)[C@H]1CC[C@@H](O)CC1. The van der Waals surface area contributed by atoms with Gasteiger partial charge in [-0.25, -0.2) is 18.7 Å². The van der Waals surface area contributed by atoms with Crippen LogP contribution in [0.25, 0.3) is 11.2 Å². The Labute approximate surface area is 185 Å². The van der Waals surface area contributed by atoms with E-state index in [4.69, 9.17) is 4.98 Å². The summed E-state index contributed by atoms with van der Waals surface area (Å²) in [4.78, 5) is 16.0. The van der Waals surface area contributed by atoms with E-state index in [1.165, 1.54) is 18.2 Å². The van der Waals surface area contributed by atoms with Gasteiger partial charge in [0.25, 0.3) is 0 Å². The first-order valence-corrected chi connectivity index (χ1v) is 11.4. The van der Waals surface area contributed by atoms with Gasteiger partial charge >= 0.3 is 0 Å². The van der Waals surface area contributed by atoms with Crippen LogP contribution >= 0.6 is 0 Å². The first-order valence-electron chi connectivity index (χ1n) is 11.4. The van der Waals surface area contributed by atoms with Crippen LogP contribution in [-0.2, 0) is 0 Å². The molecular formula is C23H28F2N6O. The number of aromatic nitrogens is 4. The van der Waals surface area contributed by atoms with Crippen LogP contribution in [-0.4, -0.2) is 43.8 Å². The summed E-state index contributed by atoms with van der Waals surface area (Å²) in [6.45, 7) is 0. The van der Waals surface area contributed by atoms with Crippen LogP contribution in [0.4, 0.5) is 26.4 Å². The molecule has 0 saturated heterocycles. The van der Waals surface area contributed by atoms with Gasteiger partial charge in [-0.15, -0.1) is 0 Å². The zero-order chi connectivity index (χ0) is 22.2. The van der Waals surface area contributed by atoms with E-state index in [1.54, 1.807) is 6.20 Å². The van der Waals surface area contributed by atoms with Gasteiger partial charge in [0.2, 0.25) is 11.9 Å². The van der Waals surface area contributed by atoms with Gasteiger partial charge in [-0.3, -0.25) is 4.57 Å². The Kier molecular flexibility index (Phi) is 5.67. The number of aliphatic hydroxyl groups excluding tert-OH is 1. The fraction of sp³-hybridized carbons (Fsp3) is 0.522. The molecule has 2 aliphatic rings. The minimum Gasteiger partial charge on any atom is -0.393 e. The van der Waals surface area contributed by atoms with Gasteiger partial charge in [-0.05, 0) is 50.7 Å². The van der Waals surface area contributed by atoms with Crippen LogP contribution in [0.2, 0.25) is 0 Å². The molecule has 1 aromatic carbocycles. The smallest absolute Gasteiger partial charge is 0.227 e. The highest BCUT2D eigenvalue weighted by atomic mass is 19.1. The van der Waals surface area contributed by atoms with Crippen LogP contribution in [0.15, 0.2) is 24.4 Å². The molecule has 2 aliphatic carbocycles. The topological polar surface area (TPSA) is 79.1 Å². The molecular weight excluding hydrogens is 414 g/mol. The molecule has 0 aliphatic heterocycles. The van der Waals surface area contributed by atoms with E-state index in [0.717, 1.165) is 51.4 Å². The molecule has 32 heavy (non-hydrogen) atoms. The fourth-order valence-corrected chi connectivity index (χ4v) is 4.99. The van der Waals surface area contributed by atoms with Crippen LogP contribution in [0.3, 0.4) is 0 Å². The Morgan fingerprint density at radius 1 is 1.03 bits per heavy atom. The Morgan fingerprint density at radius 2 is 1.72 bits per heavy atom. The number of nitrogens with one attached hydrogen (secondary N) is 1. The Hall–Kier alpha value is -2.81. The number of para-hydroxylation sites is 1. The second kappa shape index (κ2) is 8.61. The molecule has 0 radical (unpaired) electrons. The molecule has 2 aromatic heterocycles. The molecule has 2 N–H and O–H groups in total. The number of rotatable bonds is 5. The van der Waals surface area contributed by atoms with E-state index in [-0.39, 0.29) is 23.9 Å². The summed E-state index contributed by atoms with van der Waals surface area (Å²) in [5, 5.41) is 12.7. The van der Waals surface area contributed by atoms with E-state index < -0.39 is 11.6 Å². The van der Waals surface area contributed by atoms with Crippen molar-refractivity contribution in [3.05, 3.63) is 36.0 Å². The standard InChI is InChI=1S/C23H28F2N6O/c1-30(14-9-11-16(32)12-10-14)22-26-13-19-21(29-22)31(15-5-2-3-6-15)23(27-19)28-20-17(24)7-4-8-18(20)25/h4,7-8,13-16,32H,2-3,5-6,9-12H2,1H3,(H,27,28)/t14-,16+. The number of hydrogen-bond acceptors (Lipinski definition) is 6. The lowest BCUT2D eigenvalue weighted by Crippen LogP contribution is -2.37. The zero-order valence-electron chi connectivity index (χ0n) is 18.1. The van der Waals surface area contributed by atoms with Gasteiger partial charge in [-0.1, -0.05) is 18.9 Å². The Morgan fingerprint density at radius 3 is 2.41 bits per heavy atom. The number of imidazole rings is 1. The second-order valence-electron chi connectivity index (χ2n) is 8.92. The Balaban J connectivity index is 1.54. The number of anilines is 3. The van der Waals surface area contributed by atoms with Crippen LogP contribution in [0.5, 0.6) is 0 Å². The maximum absolute atomic E-state index is 14.3. The van der Waals surface area contributed by atoms with Crippen molar-refractivity contribution in [2.24, 2.45) is 0 Å². The van der Waals surface area contributed by atoms with Gasteiger partial charge in [0.15, 0.2) is 5.65 Å². The van der Waals surface area contributed by atoms with Crippen molar-refractivity contribution >= 4 is 28.7 Å². The maximum atomic E-state index is 14.3. The lowest BCUT2D eigenvalue weighted by Gasteiger charge is -2.33. The highest BCUT2D eigenvalue weighted by molar-refractivity contribution is 5.77. The molecule has 7 nitrogen and oxygen atoms in total. The van der Waals surface area contributed by atoms with E-state index in [0.29, 0.717) is 23.1 Å². The third kappa shape index (κ3) is 3.90. The summed E-state index contributed by atoms with van der Waals surface area (Å²) in [5.74, 6) is -0.352. The summed E-state index contributed by atoms with van der Waals surface area (Å²) in [7, 11) is 1.98. The molecule has 9 heteroatoms. The third-order valence-electron chi connectivity index (χ3n) is 6.84. The molecule has 3 aromatic rings. The van der Waals surface area contributed by atoms with Crippen molar-refractivity contribution in [2.75, 3.05) is 17.3 Å². The van der Waals surface area contributed by atoms with E-state index in [2.05, 4.69) is 20.2 Å². The first-order chi connectivity index (χ1) is 15.5. The largest absolute Gasteiger partial charge is 0.393 e. The zero-order valence-corrected chi connectivity index (χ0v) is 18.1. The van der Waals surface area contributed by atoms with Crippen molar-refractivity contribution in [1.82, 2.24) is 19.5 Å². The molecule has 0 unspecified atom stereocenters. The minimum atomic E-state index is -0.666. The number of halogens is 2. The molecule has 0 amide bonds. The van der Waals surface area contributed by atoms with Crippen molar-refractivity contribution in [3.63, 3.8) is 0 Å². The van der Waals surface area contributed by atoms with E-state index in [9.17, 15) is 13.9 Å². The van der Waals surface area contributed by atoms with Crippen molar-refractivity contribution < 1.29 is 13.9 Å². The van der Waals surface area contributed by atoms with Gasteiger partial charge in [0.1, 0.15) is 22.8 Å². The molecule has 5 rings (SSSR count). The molecule has 2 heterocycles. The van der Waals surface area contributed by atoms with E-state index in [1.807, 2.05) is 11.6 Å². The average molecular weight is 443 g/mol. The Bertz CT molecular complexity index is 1090. The predicted molar refractivity (Wildman–Crippen MR) is 119 cm³/mol. The lowest BCUT2D eigenvalue weighted by atomic mass is 9.92. The number of fused-ring (bicyclic) bond motifs is 1. The average Bonchev–Trinajstić information content (AvgIpc) is 3.43.